The van der Waals surface area contributed by atoms with Gasteiger partial charge in [-0.1, -0.05) is 12.1 Å². The first kappa shape index (κ1) is 19.8. The molecule has 0 aliphatic heterocycles. The summed E-state index contributed by atoms with van der Waals surface area (Å²) in [6.07, 6.45) is -1.02. The number of hydrogen-bond donors (Lipinski definition) is 3. The van der Waals surface area contributed by atoms with Crippen LogP contribution in [0.1, 0.15) is 28.3 Å². The highest BCUT2D eigenvalue weighted by Crippen LogP contribution is 2.28. The molecule has 146 valence electrons. The molecule has 2 amide bonds. The van der Waals surface area contributed by atoms with Gasteiger partial charge >= 0.3 is 12.0 Å². The van der Waals surface area contributed by atoms with E-state index in [0.29, 0.717) is 22.7 Å². The summed E-state index contributed by atoms with van der Waals surface area (Å²) in [5.74, 6) is -0.824. The number of fused-ring (bicyclic) bond motifs is 1. The van der Waals surface area contributed by atoms with Crippen LogP contribution < -0.4 is 10.6 Å². The van der Waals surface area contributed by atoms with Crippen molar-refractivity contribution in [2.24, 2.45) is 0 Å². The summed E-state index contributed by atoms with van der Waals surface area (Å²) in [5.41, 5.74) is 0.921. The Balaban J connectivity index is 1.60. The lowest BCUT2D eigenvalue weighted by molar-refractivity contribution is 0.0532. The molecule has 1 atom stereocenters. The second kappa shape index (κ2) is 8.81. The highest BCUT2D eigenvalue weighted by atomic mass is 32.1. The van der Waals surface area contributed by atoms with E-state index in [9.17, 15) is 19.1 Å². The van der Waals surface area contributed by atoms with Crippen molar-refractivity contribution in [2.45, 2.75) is 13.0 Å². The first-order valence-corrected chi connectivity index (χ1v) is 9.47. The molecule has 28 heavy (non-hydrogen) atoms. The van der Waals surface area contributed by atoms with Crippen molar-refractivity contribution in [3.63, 3.8) is 0 Å². The van der Waals surface area contributed by atoms with Crippen molar-refractivity contribution in [1.82, 2.24) is 5.32 Å². The summed E-state index contributed by atoms with van der Waals surface area (Å²) in [5, 5.41) is 16.1. The summed E-state index contributed by atoms with van der Waals surface area (Å²) < 4.78 is 19.1. The molecule has 1 heterocycles. The molecule has 0 saturated carbocycles. The van der Waals surface area contributed by atoms with Gasteiger partial charge in [-0.15, -0.1) is 11.3 Å². The van der Waals surface area contributed by atoms with Gasteiger partial charge in [0.25, 0.3) is 0 Å². The van der Waals surface area contributed by atoms with Crippen molar-refractivity contribution in [1.29, 1.82) is 0 Å². The number of rotatable bonds is 6. The van der Waals surface area contributed by atoms with Gasteiger partial charge in [0.15, 0.2) is 0 Å². The molecule has 0 saturated heterocycles. The van der Waals surface area contributed by atoms with Gasteiger partial charge in [-0.2, -0.15) is 0 Å². The number of carbonyl (C=O) groups excluding carboxylic acids is 2. The maximum absolute atomic E-state index is 13.2. The summed E-state index contributed by atoms with van der Waals surface area (Å²) in [6, 6.07) is 12.1. The normalized spacial score (nSPS) is 11.8. The van der Waals surface area contributed by atoms with Crippen molar-refractivity contribution >= 4 is 39.1 Å². The molecule has 3 N–H and O–H groups in total. The fourth-order valence-corrected chi connectivity index (χ4v) is 3.56. The first-order valence-electron chi connectivity index (χ1n) is 8.65. The average Bonchev–Trinajstić information content (AvgIpc) is 3.10. The third kappa shape index (κ3) is 4.85. The van der Waals surface area contributed by atoms with E-state index in [1.165, 1.54) is 29.5 Å². The number of ether oxygens (including phenoxy) is 1. The molecule has 0 aliphatic rings. The van der Waals surface area contributed by atoms with E-state index in [1.54, 1.807) is 37.3 Å². The molecule has 0 bridgehead atoms. The number of amides is 2. The van der Waals surface area contributed by atoms with Crippen LogP contribution in [0.4, 0.5) is 14.9 Å². The molecule has 3 aromatic rings. The third-order valence-electron chi connectivity index (χ3n) is 3.94. The number of carbonyl (C=O) groups is 2. The Kier molecular flexibility index (Phi) is 6.23. The molecule has 1 aromatic heterocycles. The molecular formula is C20H19FN2O4S. The highest BCUT2D eigenvalue weighted by Gasteiger charge is 2.13. The highest BCUT2D eigenvalue weighted by molar-refractivity contribution is 7.20. The van der Waals surface area contributed by atoms with Crippen LogP contribution in [0.25, 0.3) is 10.1 Å². The minimum absolute atomic E-state index is 0.0665. The number of hydrogen-bond acceptors (Lipinski definition) is 5. The van der Waals surface area contributed by atoms with Gasteiger partial charge in [0.2, 0.25) is 0 Å². The van der Waals surface area contributed by atoms with Crippen molar-refractivity contribution in [3.8, 4) is 0 Å². The Morgan fingerprint density at radius 1 is 1.21 bits per heavy atom. The molecule has 3 rings (SSSR count). The van der Waals surface area contributed by atoms with Gasteiger partial charge in [0, 0.05) is 16.9 Å². The molecule has 8 heteroatoms. The lowest BCUT2D eigenvalue weighted by atomic mass is 10.1. The predicted molar refractivity (Wildman–Crippen MR) is 106 cm³/mol. The Labute approximate surface area is 164 Å². The van der Waals surface area contributed by atoms with Crippen LogP contribution in [-0.2, 0) is 4.74 Å². The number of benzene rings is 2. The van der Waals surface area contributed by atoms with E-state index < -0.39 is 18.0 Å². The minimum atomic E-state index is -1.02. The van der Waals surface area contributed by atoms with Crippen LogP contribution in [-0.4, -0.2) is 30.3 Å². The van der Waals surface area contributed by atoms with Gasteiger partial charge in [0.05, 0.1) is 12.7 Å². The maximum atomic E-state index is 13.2. The topological polar surface area (TPSA) is 87.7 Å². The lowest BCUT2D eigenvalue weighted by Crippen LogP contribution is -2.32. The van der Waals surface area contributed by atoms with Crippen molar-refractivity contribution < 1.29 is 23.8 Å². The number of urea groups is 1. The van der Waals surface area contributed by atoms with Crippen LogP contribution in [0.3, 0.4) is 0 Å². The van der Waals surface area contributed by atoms with E-state index >= 15 is 0 Å². The number of thiophene rings is 1. The Bertz CT molecular complexity index is 1000. The standard InChI is InChI=1S/C20H19FN2O4S/c1-2-27-19(25)18-10-13-9-15(6-7-17(13)28-18)23-20(26)22-11-16(24)12-4-3-5-14(21)8-12/h3-10,16,24H,2,11H2,1H3,(H2,22,23,26). The lowest BCUT2D eigenvalue weighted by Gasteiger charge is -2.13. The van der Waals surface area contributed by atoms with Crippen LogP contribution in [0.15, 0.2) is 48.5 Å². The second-order valence-electron chi connectivity index (χ2n) is 5.99. The summed E-state index contributed by atoms with van der Waals surface area (Å²) in [7, 11) is 0. The SMILES string of the molecule is CCOC(=O)c1cc2cc(NC(=O)NCC(O)c3cccc(F)c3)ccc2s1. The van der Waals surface area contributed by atoms with E-state index in [0.717, 1.165) is 10.1 Å². The van der Waals surface area contributed by atoms with E-state index in [2.05, 4.69) is 10.6 Å². The van der Waals surface area contributed by atoms with E-state index in [4.69, 9.17) is 4.74 Å². The number of esters is 1. The van der Waals surface area contributed by atoms with Crippen LogP contribution >= 0.6 is 11.3 Å². The molecule has 0 fully saturated rings. The zero-order valence-corrected chi connectivity index (χ0v) is 15.9. The van der Waals surface area contributed by atoms with Gasteiger partial charge in [0.1, 0.15) is 10.7 Å². The van der Waals surface area contributed by atoms with E-state index in [-0.39, 0.29) is 12.5 Å². The summed E-state index contributed by atoms with van der Waals surface area (Å²) in [4.78, 5) is 24.4. The molecular weight excluding hydrogens is 383 g/mol. The Hall–Kier alpha value is -2.97. The summed E-state index contributed by atoms with van der Waals surface area (Å²) >= 11 is 1.32. The minimum Gasteiger partial charge on any atom is -0.462 e. The molecule has 6 nitrogen and oxygen atoms in total. The van der Waals surface area contributed by atoms with E-state index in [1.807, 2.05) is 0 Å². The van der Waals surface area contributed by atoms with Crippen LogP contribution in [0, 0.1) is 5.82 Å². The van der Waals surface area contributed by atoms with Gasteiger partial charge in [-0.25, -0.2) is 14.0 Å². The van der Waals surface area contributed by atoms with Crippen LogP contribution in [0.2, 0.25) is 0 Å². The van der Waals surface area contributed by atoms with Crippen LogP contribution in [0.5, 0.6) is 0 Å². The van der Waals surface area contributed by atoms with Gasteiger partial charge < -0.3 is 20.5 Å². The zero-order valence-electron chi connectivity index (χ0n) is 15.1. The molecule has 0 aliphatic carbocycles. The van der Waals surface area contributed by atoms with Gasteiger partial charge in [-0.3, -0.25) is 0 Å². The number of anilines is 1. The smallest absolute Gasteiger partial charge is 0.348 e. The second-order valence-corrected chi connectivity index (χ2v) is 7.07. The average molecular weight is 402 g/mol. The zero-order chi connectivity index (χ0) is 20.1. The quantitative estimate of drug-likeness (QED) is 0.543. The summed E-state index contributed by atoms with van der Waals surface area (Å²) in [6.45, 7) is 1.99. The fraction of sp³-hybridized carbons (Fsp3) is 0.200. The predicted octanol–water partition coefficient (Wildman–Crippen LogP) is 4.07. The fourth-order valence-electron chi connectivity index (χ4n) is 2.62. The molecule has 0 spiro atoms. The molecule has 2 aromatic carbocycles. The third-order valence-corrected chi connectivity index (χ3v) is 5.04. The number of nitrogens with one attached hydrogen (secondary N) is 2. The molecule has 0 radical (unpaired) electrons. The first-order chi connectivity index (χ1) is 13.5. The number of halogens is 1. The Morgan fingerprint density at radius 2 is 2.04 bits per heavy atom. The van der Waals surface area contributed by atoms with Crippen molar-refractivity contribution in [2.75, 3.05) is 18.5 Å². The van der Waals surface area contributed by atoms with Crippen molar-refractivity contribution in [3.05, 3.63) is 64.8 Å². The maximum Gasteiger partial charge on any atom is 0.348 e. The Morgan fingerprint density at radius 3 is 2.79 bits per heavy atom. The van der Waals surface area contributed by atoms with Gasteiger partial charge in [-0.05, 0) is 54.3 Å². The largest absolute Gasteiger partial charge is 0.462 e. The number of aliphatic hydroxyl groups excluding tert-OH is 1. The molecule has 1 unspecified atom stereocenters. The monoisotopic (exact) mass is 402 g/mol. The number of aliphatic hydroxyl groups is 1.